The number of ether oxygens (including phenoxy) is 2. The minimum absolute atomic E-state index is 0.119. The normalized spacial score (nSPS) is 33.6. The van der Waals surface area contributed by atoms with E-state index >= 15 is 0 Å². The molecular weight excluding hydrogens is 612 g/mol. The minimum Gasteiger partial charge on any atom is -0.490 e. The molecule has 0 radical (unpaired) electrons. The summed E-state index contributed by atoms with van der Waals surface area (Å²) in [6.45, 7) is 2.53. The number of hydrogen-bond donors (Lipinski definition) is 2. The van der Waals surface area contributed by atoms with Gasteiger partial charge in [0.05, 0.1) is 29.8 Å². The first kappa shape index (κ1) is 31.0. The summed E-state index contributed by atoms with van der Waals surface area (Å²) in [5, 5.41) is 11.2. The van der Waals surface area contributed by atoms with E-state index in [4.69, 9.17) is 21.1 Å². The molecule has 2 aromatic carbocycles. The van der Waals surface area contributed by atoms with E-state index in [1.165, 1.54) is 11.1 Å². The molecule has 3 heterocycles. The molecule has 1 spiro atoms. The third-order valence-corrected chi connectivity index (χ3v) is 12.9. The summed E-state index contributed by atoms with van der Waals surface area (Å²) in [6.07, 6.45) is 10.8. The molecule has 2 fully saturated rings. The zero-order valence-electron chi connectivity index (χ0n) is 25.6. The molecule has 7 rings (SSSR count). The fourth-order valence-corrected chi connectivity index (χ4v) is 9.92. The highest BCUT2D eigenvalue weighted by molar-refractivity contribution is 7.90. The van der Waals surface area contributed by atoms with Gasteiger partial charge in [0, 0.05) is 35.7 Å². The number of halogens is 1. The summed E-state index contributed by atoms with van der Waals surface area (Å²) in [4.78, 5) is 15.9. The van der Waals surface area contributed by atoms with E-state index in [9.17, 15) is 18.3 Å². The molecule has 5 aliphatic rings. The lowest BCUT2D eigenvalue weighted by Gasteiger charge is -2.45. The number of carbonyl (C=O) groups is 1. The number of rotatable bonds is 2. The molecule has 6 atom stereocenters. The second-order valence-electron chi connectivity index (χ2n) is 13.8. The van der Waals surface area contributed by atoms with Crippen LogP contribution in [-0.2, 0) is 26.6 Å². The van der Waals surface area contributed by atoms with Gasteiger partial charge >= 0.3 is 0 Å². The van der Waals surface area contributed by atoms with Crippen molar-refractivity contribution in [1.29, 1.82) is 0 Å². The summed E-state index contributed by atoms with van der Waals surface area (Å²) >= 11 is 6.41. The van der Waals surface area contributed by atoms with Gasteiger partial charge in [0.15, 0.2) is 0 Å². The van der Waals surface area contributed by atoms with Gasteiger partial charge in [-0.3, -0.25) is 4.79 Å². The third kappa shape index (κ3) is 6.25. The number of nitrogens with zero attached hydrogens (tertiary/aromatic N) is 1. The average Bonchev–Trinajstić information content (AvgIpc) is 3.46. The van der Waals surface area contributed by atoms with Crippen molar-refractivity contribution in [3.05, 3.63) is 70.3 Å². The van der Waals surface area contributed by atoms with Crippen molar-refractivity contribution in [2.75, 3.05) is 31.2 Å². The standard InChI is InChI=1S/C35H43ClN2O6S/c36-26-11-13-30-23(17-26)5-3-15-35(30)21-38-20-25-9-12-29(25)32(39)8-2-1-7-28(19-27-6-4-16-43-27)45(41,42)37-34(40)24-10-14-33(44-22-35)31(38)18-24/h2,8,10-11,13-14,17-18,25,27-29,32,39H,1,3-7,9,12,15-16,19-22H2,(H,37,40)/b8-2+/t25-,27-,28+,29+,32-,35-/m0/s1. The van der Waals surface area contributed by atoms with E-state index in [0.29, 0.717) is 51.3 Å². The molecular formula is C35H43ClN2O6S. The Balaban J connectivity index is 1.26. The van der Waals surface area contributed by atoms with Crippen LogP contribution in [-0.4, -0.2) is 63.2 Å². The van der Waals surface area contributed by atoms with Crippen LogP contribution in [0.3, 0.4) is 0 Å². The van der Waals surface area contributed by atoms with E-state index in [1.807, 2.05) is 18.2 Å². The first-order valence-electron chi connectivity index (χ1n) is 16.5. The number of anilines is 1. The van der Waals surface area contributed by atoms with Crippen molar-refractivity contribution in [2.45, 2.75) is 87.1 Å². The summed E-state index contributed by atoms with van der Waals surface area (Å²) < 4.78 is 42.0. The summed E-state index contributed by atoms with van der Waals surface area (Å²) in [5.74, 6) is 0.444. The number of fused-ring (bicyclic) bond motifs is 4. The number of aryl methyl sites for hydroxylation is 1. The average molecular weight is 655 g/mol. The van der Waals surface area contributed by atoms with Gasteiger partial charge in [-0.1, -0.05) is 29.8 Å². The molecule has 10 heteroatoms. The predicted octanol–water partition coefficient (Wildman–Crippen LogP) is 5.55. The number of aliphatic hydroxyl groups excluding tert-OH is 1. The Bertz CT molecular complexity index is 1570. The summed E-state index contributed by atoms with van der Waals surface area (Å²) in [7, 11) is -3.99. The Hall–Kier alpha value is -2.59. The van der Waals surface area contributed by atoms with Gasteiger partial charge in [-0.2, -0.15) is 0 Å². The second-order valence-corrected chi connectivity index (χ2v) is 16.2. The Morgan fingerprint density at radius 2 is 1.98 bits per heavy atom. The Morgan fingerprint density at radius 1 is 1.09 bits per heavy atom. The number of carbonyl (C=O) groups excluding carboxylic acids is 1. The monoisotopic (exact) mass is 654 g/mol. The van der Waals surface area contributed by atoms with Crippen molar-refractivity contribution in [3.8, 4) is 5.75 Å². The molecule has 0 aromatic heterocycles. The molecule has 1 saturated heterocycles. The molecule has 242 valence electrons. The molecule has 2 N–H and O–H groups in total. The van der Waals surface area contributed by atoms with Crippen LogP contribution in [0.2, 0.25) is 5.02 Å². The molecule has 8 nitrogen and oxygen atoms in total. The van der Waals surface area contributed by atoms with Gasteiger partial charge < -0.3 is 19.5 Å². The lowest BCUT2D eigenvalue weighted by atomic mass is 9.68. The van der Waals surface area contributed by atoms with Crippen LogP contribution < -0.4 is 14.4 Å². The largest absolute Gasteiger partial charge is 0.490 e. The fourth-order valence-electron chi connectivity index (χ4n) is 8.26. The highest BCUT2D eigenvalue weighted by atomic mass is 35.5. The zero-order chi connectivity index (χ0) is 31.2. The Labute approximate surface area is 271 Å². The highest BCUT2D eigenvalue weighted by Crippen LogP contribution is 2.46. The van der Waals surface area contributed by atoms with Gasteiger partial charge in [-0.15, -0.1) is 0 Å². The topological polar surface area (TPSA) is 105 Å². The lowest BCUT2D eigenvalue weighted by molar-refractivity contribution is 0.0456. The van der Waals surface area contributed by atoms with Crippen molar-refractivity contribution >= 4 is 33.2 Å². The molecule has 3 aliphatic heterocycles. The lowest BCUT2D eigenvalue weighted by Crippen LogP contribution is -2.49. The number of allylic oxidation sites excluding steroid dienone is 1. The highest BCUT2D eigenvalue weighted by Gasteiger charge is 2.44. The van der Waals surface area contributed by atoms with Crippen LogP contribution in [0, 0.1) is 11.8 Å². The van der Waals surface area contributed by atoms with Crippen LogP contribution in [0.1, 0.15) is 79.3 Å². The maximum Gasteiger partial charge on any atom is 0.264 e. The van der Waals surface area contributed by atoms with Crippen molar-refractivity contribution in [2.24, 2.45) is 11.8 Å². The Kier molecular flexibility index (Phi) is 8.65. The maximum absolute atomic E-state index is 13.6. The fraction of sp³-hybridized carbons (Fsp3) is 0.571. The third-order valence-electron chi connectivity index (χ3n) is 10.9. The molecule has 1 saturated carbocycles. The van der Waals surface area contributed by atoms with Gasteiger partial charge in [-0.25, -0.2) is 13.1 Å². The SMILES string of the molecule is O=C1NS(=O)(=O)[C@@H](C[C@@H]2CCCO2)CC/C=C/[C@H](O)[C@@H]2CC[C@H]2CN2C[C@@]3(CCCc4cc(Cl)ccc43)COc3ccc1cc32. The van der Waals surface area contributed by atoms with Crippen LogP contribution in [0.5, 0.6) is 5.75 Å². The van der Waals surface area contributed by atoms with Crippen LogP contribution >= 0.6 is 11.6 Å². The van der Waals surface area contributed by atoms with E-state index in [2.05, 4.69) is 21.8 Å². The predicted molar refractivity (Wildman–Crippen MR) is 175 cm³/mol. The molecule has 2 aromatic rings. The quantitative estimate of drug-likeness (QED) is 0.410. The smallest absolute Gasteiger partial charge is 0.264 e. The minimum atomic E-state index is -3.99. The molecule has 45 heavy (non-hydrogen) atoms. The van der Waals surface area contributed by atoms with Crippen molar-refractivity contribution in [3.63, 3.8) is 0 Å². The number of benzene rings is 2. The number of aliphatic hydroxyl groups is 1. The van der Waals surface area contributed by atoms with Gasteiger partial charge in [-0.05, 0) is 118 Å². The first-order valence-corrected chi connectivity index (χ1v) is 18.5. The summed E-state index contributed by atoms with van der Waals surface area (Å²) in [5.41, 5.74) is 3.31. The number of amides is 1. The van der Waals surface area contributed by atoms with Crippen LogP contribution in [0.4, 0.5) is 5.69 Å². The van der Waals surface area contributed by atoms with Crippen molar-refractivity contribution in [1.82, 2.24) is 4.72 Å². The molecule has 2 aliphatic carbocycles. The van der Waals surface area contributed by atoms with Crippen LogP contribution in [0.25, 0.3) is 0 Å². The number of sulfonamides is 1. The Morgan fingerprint density at radius 3 is 2.78 bits per heavy atom. The van der Waals surface area contributed by atoms with E-state index < -0.39 is 27.3 Å². The zero-order valence-corrected chi connectivity index (χ0v) is 27.2. The number of hydrogen-bond acceptors (Lipinski definition) is 7. The second kappa shape index (κ2) is 12.5. The molecule has 0 unspecified atom stereocenters. The van der Waals surface area contributed by atoms with Gasteiger partial charge in [0.25, 0.3) is 5.91 Å². The van der Waals surface area contributed by atoms with Crippen molar-refractivity contribution < 1.29 is 27.8 Å². The summed E-state index contributed by atoms with van der Waals surface area (Å²) in [6, 6.07) is 11.4. The van der Waals surface area contributed by atoms with E-state index in [-0.39, 0.29) is 28.9 Å². The van der Waals surface area contributed by atoms with E-state index in [0.717, 1.165) is 55.7 Å². The molecule has 1 amide bonds. The molecule has 2 bridgehead atoms. The number of nitrogens with one attached hydrogen (secondary N) is 1. The maximum atomic E-state index is 13.6. The van der Waals surface area contributed by atoms with Crippen LogP contribution in [0.15, 0.2) is 48.6 Å². The van der Waals surface area contributed by atoms with Gasteiger partial charge in [0.1, 0.15) is 5.75 Å². The van der Waals surface area contributed by atoms with E-state index in [1.54, 1.807) is 18.2 Å². The van der Waals surface area contributed by atoms with Gasteiger partial charge in [0.2, 0.25) is 10.0 Å². The first-order chi connectivity index (χ1) is 21.7.